The quantitative estimate of drug-likeness (QED) is 0.828. The van der Waals surface area contributed by atoms with Gasteiger partial charge in [-0.2, -0.15) is 13.2 Å². The first kappa shape index (κ1) is 18.8. The third-order valence-corrected chi connectivity index (χ3v) is 5.29. The Labute approximate surface area is 152 Å². The fourth-order valence-electron chi connectivity index (χ4n) is 3.02. The van der Waals surface area contributed by atoms with Crippen molar-refractivity contribution < 1.29 is 18.0 Å². The Bertz CT molecular complexity index is 749. The van der Waals surface area contributed by atoms with Crippen LogP contribution >= 0.6 is 11.3 Å². The minimum absolute atomic E-state index is 0.0340. The van der Waals surface area contributed by atoms with E-state index in [-0.39, 0.29) is 18.0 Å². The largest absolute Gasteiger partial charge is 0.401 e. The third-order valence-electron chi connectivity index (χ3n) is 4.43. The molecule has 1 amide bonds. The minimum atomic E-state index is -4.19. The predicted molar refractivity (Wildman–Crippen MR) is 91.9 cm³/mol. The summed E-state index contributed by atoms with van der Waals surface area (Å²) < 4.78 is 38.6. The molecule has 0 spiro atoms. The molecule has 0 bridgehead atoms. The standard InChI is InChI=1S/C16H20F3N5OS/c1-24-9-20-6-13(24)15-23-12(7-26-15)14(25)22-11-4-2-10(3-5-11)21-8-16(17,18)19/h6-7,9-11,21H,2-5,8H2,1H3,(H,22,25). The van der Waals surface area contributed by atoms with Gasteiger partial charge in [0.1, 0.15) is 10.7 Å². The Morgan fingerprint density at radius 3 is 2.62 bits per heavy atom. The lowest BCUT2D eigenvalue weighted by Crippen LogP contribution is -2.44. The van der Waals surface area contributed by atoms with Gasteiger partial charge in [-0.1, -0.05) is 0 Å². The topological polar surface area (TPSA) is 71.8 Å². The Hall–Kier alpha value is -1.94. The Morgan fingerprint density at radius 1 is 1.31 bits per heavy atom. The number of aryl methyl sites for hydroxylation is 1. The summed E-state index contributed by atoms with van der Waals surface area (Å²) in [5.41, 5.74) is 1.19. The highest BCUT2D eigenvalue weighted by Gasteiger charge is 2.30. The molecule has 2 heterocycles. The van der Waals surface area contributed by atoms with Gasteiger partial charge in [0.25, 0.3) is 5.91 Å². The van der Waals surface area contributed by atoms with Gasteiger partial charge in [-0.3, -0.25) is 4.79 Å². The first-order chi connectivity index (χ1) is 12.3. The number of imidazole rings is 1. The number of nitrogens with one attached hydrogen (secondary N) is 2. The number of nitrogens with zero attached hydrogens (tertiary/aromatic N) is 3. The first-order valence-corrected chi connectivity index (χ1v) is 9.23. The number of hydrogen-bond acceptors (Lipinski definition) is 5. The molecule has 1 aliphatic carbocycles. The Morgan fingerprint density at radius 2 is 2.00 bits per heavy atom. The monoisotopic (exact) mass is 387 g/mol. The molecule has 0 atom stereocenters. The van der Waals surface area contributed by atoms with Crippen molar-refractivity contribution in [1.82, 2.24) is 25.2 Å². The number of carbonyl (C=O) groups is 1. The fraction of sp³-hybridized carbons (Fsp3) is 0.562. The second kappa shape index (κ2) is 7.75. The van der Waals surface area contributed by atoms with Gasteiger partial charge in [0.05, 0.1) is 24.8 Å². The van der Waals surface area contributed by atoms with Crippen LogP contribution in [-0.2, 0) is 7.05 Å². The first-order valence-electron chi connectivity index (χ1n) is 8.35. The molecule has 2 N–H and O–H groups in total. The van der Waals surface area contributed by atoms with E-state index in [2.05, 4.69) is 20.6 Å². The zero-order chi connectivity index (χ0) is 18.7. The highest BCUT2D eigenvalue weighted by atomic mass is 32.1. The summed E-state index contributed by atoms with van der Waals surface area (Å²) in [5.74, 6) is -0.249. The minimum Gasteiger partial charge on any atom is -0.348 e. The highest BCUT2D eigenvalue weighted by Crippen LogP contribution is 2.24. The van der Waals surface area contributed by atoms with Crippen molar-refractivity contribution in [2.24, 2.45) is 7.05 Å². The number of thiazole rings is 1. The Kier molecular flexibility index (Phi) is 5.61. The molecule has 6 nitrogen and oxygen atoms in total. The molecule has 26 heavy (non-hydrogen) atoms. The van der Waals surface area contributed by atoms with Gasteiger partial charge in [0.15, 0.2) is 0 Å². The number of alkyl halides is 3. The zero-order valence-electron chi connectivity index (χ0n) is 14.2. The average molecular weight is 387 g/mol. The molecule has 0 radical (unpaired) electrons. The molecular formula is C16H20F3N5OS. The summed E-state index contributed by atoms with van der Waals surface area (Å²) in [4.78, 5) is 20.8. The molecule has 2 aromatic heterocycles. The maximum absolute atomic E-state index is 12.4. The van der Waals surface area contributed by atoms with Crippen LogP contribution in [0.15, 0.2) is 17.9 Å². The summed E-state index contributed by atoms with van der Waals surface area (Å²) in [5, 5.41) is 7.89. The van der Waals surface area contributed by atoms with Gasteiger partial charge in [0.2, 0.25) is 0 Å². The van der Waals surface area contributed by atoms with Gasteiger partial charge in [-0.25, -0.2) is 9.97 Å². The van der Waals surface area contributed by atoms with E-state index in [1.807, 2.05) is 11.6 Å². The zero-order valence-corrected chi connectivity index (χ0v) is 15.0. The fourth-order valence-corrected chi connectivity index (χ4v) is 3.87. The summed E-state index contributed by atoms with van der Waals surface area (Å²) in [6.45, 7) is -0.968. The molecule has 1 fully saturated rings. The van der Waals surface area contributed by atoms with Gasteiger partial charge >= 0.3 is 6.18 Å². The molecule has 1 aliphatic rings. The van der Waals surface area contributed by atoms with Crippen LogP contribution in [0.2, 0.25) is 0 Å². The number of carbonyl (C=O) groups excluding carboxylic acids is 1. The van der Waals surface area contributed by atoms with Gasteiger partial charge in [0, 0.05) is 24.5 Å². The lowest BCUT2D eigenvalue weighted by atomic mass is 9.91. The van der Waals surface area contributed by atoms with Crippen molar-refractivity contribution in [3.05, 3.63) is 23.6 Å². The van der Waals surface area contributed by atoms with E-state index in [1.54, 1.807) is 17.9 Å². The lowest BCUT2D eigenvalue weighted by Gasteiger charge is -2.29. The molecule has 10 heteroatoms. The molecular weight excluding hydrogens is 367 g/mol. The molecule has 3 rings (SSSR count). The number of halogens is 3. The number of hydrogen-bond donors (Lipinski definition) is 2. The van der Waals surface area contributed by atoms with Crippen LogP contribution in [0.4, 0.5) is 13.2 Å². The van der Waals surface area contributed by atoms with E-state index in [9.17, 15) is 18.0 Å². The Balaban J connectivity index is 1.49. The molecule has 0 saturated heterocycles. The normalized spacial score (nSPS) is 20.9. The summed E-state index contributed by atoms with van der Waals surface area (Å²) >= 11 is 1.37. The predicted octanol–water partition coefficient (Wildman–Crippen LogP) is 2.74. The van der Waals surface area contributed by atoms with E-state index in [0.717, 1.165) is 10.7 Å². The molecule has 142 valence electrons. The summed E-state index contributed by atoms with van der Waals surface area (Å²) in [6, 6.07) is -0.186. The van der Waals surface area contributed by atoms with Crippen LogP contribution in [0, 0.1) is 0 Å². The van der Waals surface area contributed by atoms with E-state index in [0.29, 0.717) is 31.4 Å². The van der Waals surface area contributed by atoms with Gasteiger partial charge in [-0.15, -0.1) is 11.3 Å². The number of rotatable bonds is 5. The molecule has 0 unspecified atom stereocenters. The van der Waals surface area contributed by atoms with Crippen LogP contribution in [0.5, 0.6) is 0 Å². The van der Waals surface area contributed by atoms with Crippen LogP contribution in [-0.4, -0.2) is 45.2 Å². The maximum atomic E-state index is 12.4. The molecule has 1 saturated carbocycles. The SMILES string of the molecule is Cn1cncc1-c1nc(C(=O)NC2CCC(NCC(F)(F)F)CC2)cs1. The van der Waals surface area contributed by atoms with Crippen molar-refractivity contribution in [2.75, 3.05) is 6.54 Å². The third kappa shape index (κ3) is 4.82. The van der Waals surface area contributed by atoms with Crippen LogP contribution in [0.3, 0.4) is 0 Å². The van der Waals surface area contributed by atoms with Gasteiger partial charge in [-0.05, 0) is 25.7 Å². The highest BCUT2D eigenvalue weighted by molar-refractivity contribution is 7.13. The maximum Gasteiger partial charge on any atom is 0.401 e. The van der Waals surface area contributed by atoms with Crippen LogP contribution < -0.4 is 10.6 Å². The molecule has 2 aromatic rings. The van der Waals surface area contributed by atoms with Gasteiger partial charge < -0.3 is 15.2 Å². The number of amides is 1. The van der Waals surface area contributed by atoms with Crippen molar-refractivity contribution in [3.8, 4) is 10.7 Å². The smallest absolute Gasteiger partial charge is 0.348 e. The molecule has 0 aromatic carbocycles. The molecule has 0 aliphatic heterocycles. The van der Waals surface area contributed by atoms with Crippen molar-refractivity contribution >= 4 is 17.2 Å². The number of aromatic nitrogens is 3. The van der Waals surface area contributed by atoms with E-state index in [4.69, 9.17) is 0 Å². The van der Waals surface area contributed by atoms with Crippen molar-refractivity contribution in [1.29, 1.82) is 0 Å². The summed E-state index contributed by atoms with van der Waals surface area (Å²) in [6.07, 6.45) is 1.69. The lowest BCUT2D eigenvalue weighted by molar-refractivity contribution is -0.126. The van der Waals surface area contributed by atoms with Crippen molar-refractivity contribution in [3.63, 3.8) is 0 Å². The van der Waals surface area contributed by atoms with Crippen molar-refractivity contribution in [2.45, 2.75) is 43.9 Å². The summed E-state index contributed by atoms with van der Waals surface area (Å²) in [7, 11) is 1.86. The van der Waals surface area contributed by atoms with Crippen LogP contribution in [0.1, 0.15) is 36.2 Å². The second-order valence-electron chi connectivity index (χ2n) is 6.45. The van der Waals surface area contributed by atoms with Crippen LogP contribution in [0.25, 0.3) is 10.7 Å². The van der Waals surface area contributed by atoms with E-state index < -0.39 is 12.7 Å². The van der Waals surface area contributed by atoms with E-state index >= 15 is 0 Å². The van der Waals surface area contributed by atoms with E-state index in [1.165, 1.54) is 11.3 Å². The second-order valence-corrected chi connectivity index (χ2v) is 7.30. The average Bonchev–Trinajstić information content (AvgIpc) is 3.22.